The van der Waals surface area contributed by atoms with Crippen LogP contribution in [0.25, 0.3) is 0 Å². The number of aryl methyl sites for hydroxylation is 1. The molecule has 1 rings (SSSR count). The van der Waals surface area contributed by atoms with Gasteiger partial charge in [-0.1, -0.05) is 0 Å². The van der Waals surface area contributed by atoms with Crippen LogP contribution >= 0.6 is 0 Å². The predicted molar refractivity (Wildman–Crippen MR) is 63.6 cm³/mol. The van der Waals surface area contributed by atoms with Gasteiger partial charge in [0.1, 0.15) is 5.60 Å². The Labute approximate surface area is 99.2 Å². The molecule has 6 nitrogen and oxygen atoms in total. The third-order valence-electron chi connectivity index (χ3n) is 1.98. The van der Waals surface area contributed by atoms with E-state index < -0.39 is 17.1 Å². The van der Waals surface area contributed by atoms with Gasteiger partial charge in [-0.3, -0.25) is 14.6 Å². The van der Waals surface area contributed by atoms with Crippen molar-refractivity contribution in [2.45, 2.75) is 39.7 Å². The first-order valence-electron chi connectivity index (χ1n) is 5.26. The van der Waals surface area contributed by atoms with E-state index >= 15 is 0 Å². The second kappa shape index (κ2) is 4.57. The number of nitrogen functional groups attached to an aromatic ring is 1. The largest absolute Gasteiger partial charge is 0.460 e. The van der Waals surface area contributed by atoms with Crippen molar-refractivity contribution < 1.29 is 9.53 Å². The Hall–Kier alpha value is -1.85. The van der Waals surface area contributed by atoms with Gasteiger partial charge < -0.3 is 10.5 Å². The Morgan fingerprint density at radius 1 is 1.47 bits per heavy atom. The van der Waals surface area contributed by atoms with E-state index in [0.717, 1.165) is 0 Å². The molecule has 6 heteroatoms. The zero-order valence-electron chi connectivity index (χ0n) is 10.5. The number of hydrogen-bond donors (Lipinski definition) is 2. The topological polar surface area (TPSA) is 98.1 Å². The van der Waals surface area contributed by atoms with E-state index in [2.05, 4.69) is 9.97 Å². The first-order valence-corrected chi connectivity index (χ1v) is 5.26. The molecule has 1 heterocycles. The zero-order valence-corrected chi connectivity index (χ0v) is 10.5. The van der Waals surface area contributed by atoms with Crippen LogP contribution in [0, 0.1) is 6.92 Å². The minimum absolute atomic E-state index is 0.0421. The number of rotatable bonds is 2. The van der Waals surface area contributed by atoms with Gasteiger partial charge in [-0.05, 0) is 27.7 Å². The Morgan fingerprint density at radius 3 is 2.53 bits per heavy atom. The van der Waals surface area contributed by atoms with Crippen molar-refractivity contribution in [2.24, 2.45) is 0 Å². The lowest BCUT2D eigenvalue weighted by Crippen LogP contribution is -2.28. The molecule has 0 fully saturated rings. The number of nitrogens with two attached hydrogens (primary N) is 1. The summed E-state index contributed by atoms with van der Waals surface area (Å²) < 4.78 is 5.13. The highest BCUT2D eigenvalue weighted by molar-refractivity contribution is 5.73. The lowest BCUT2D eigenvalue weighted by Gasteiger charge is -2.19. The molecule has 0 aliphatic heterocycles. The van der Waals surface area contributed by atoms with Crippen LogP contribution in [0.5, 0.6) is 0 Å². The number of carbonyl (C=O) groups is 1. The van der Waals surface area contributed by atoms with Crippen LogP contribution in [0.2, 0.25) is 0 Å². The molecule has 0 bridgehead atoms. The van der Waals surface area contributed by atoms with Gasteiger partial charge in [0.25, 0.3) is 5.56 Å². The molecule has 0 saturated heterocycles. The average Bonchev–Trinajstić information content (AvgIpc) is 2.08. The third-order valence-corrected chi connectivity index (χ3v) is 1.98. The summed E-state index contributed by atoms with van der Waals surface area (Å²) in [5.41, 5.74) is 5.13. The molecule has 17 heavy (non-hydrogen) atoms. The van der Waals surface area contributed by atoms with Crippen LogP contribution < -0.4 is 11.3 Å². The molecule has 0 aromatic carbocycles. The number of anilines is 1. The third kappa shape index (κ3) is 3.90. The fraction of sp³-hybridized carbons (Fsp3) is 0.545. The van der Waals surface area contributed by atoms with Crippen molar-refractivity contribution in [3.63, 3.8) is 0 Å². The average molecular weight is 239 g/mol. The van der Waals surface area contributed by atoms with Crippen LogP contribution in [-0.2, 0) is 16.0 Å². The molecule has 0 atom stereocenters. The van der Waals surface area contributed by atoms with Crippen LogP contribution in [0.15, 0.2) is 4.79 Å². The van der Waals surface area contributed by atoms with E-state index in [-0.39, 0.29) is 17.9 Å². The molecule has 0 aliphatic carbocycles. The lowest BCUT2D eigenvalue weighted by atomic mass is 10.1. The molecule has 0 radical (unpaired) electrons. The van der Waals surface area contributed by atoms with Crippen molar-refractivity contribution in [1.82, 2.24) is 9.97 Å². The molecule has 0 aliphatic rings. The number of nitrogens with zero attached hydrogens (tertiary/aromatic N) is 1. The smallest absolute Gasteiger partial charge is 0.311 e. The second-order valence-corrected chi connectivity index (χ2v) is 4.78. The highest BCUT2D eigenvalue weighted by Crippen LogP contribution is 2.09. The summed E-state index contributed by atoms with van der Waals surface area (Å²) in [6.45, 7) is 6.93. The number of esters is 1. The van der Waals surface area contributed by atoms with Crippen molar-refractivity contribution in [3.8, 4) is 0 Å². The number of ether oxygens (including phenoxy) is 1. The standard InChI is InChI=1S/C11H17N3O3/c1-6-7(9(16)14-10(12)13-6)5-8(15)17-11(2,3)4/h5H2,1-4H3,(H3,12,13,14,16). The summed E-state index contributed by atoms with van der Waals surface area (Å²) in [5, 5.41) is 0. The number of hydrogen-bond acceptors (Lipinski definition) is 5. The van der Waals surface area contributed by atoms with E-state index in [1.807, 2.05) is 0 Å². The molecule has 0 spiro atoms. The van der Waals surface area contributed by atoms with Crippen LogP contribution in [0.3, 0.4) is 0 Å². The quantitative estimate of drug-likeness (QED) is 0.734. The lowest BCUT2D eigenvalue weighted by molar-refractivity contribution is -0.153. The fourth-order valence-electron chi connectivity index (χ4n) is 1.36. The molecule has 3 N–H and O–H groups in total. The minimum Gasteiger partial charge on any atom is -0.460 e. The molecular weight excluding hydrogens is 222 g/mol. The van der Waals surface area contributed by atoms with Crippen molar-refractivity contribution >= 4 is 11.9 Å². The summed E-state index contributed by atoms with van der Waals surface area (Å²) >= 11 is 0. The summed E-state index contributed by atoms with van der Waals surface area (Å²) in [5.74, 6) is -0.418. The van der Waals surface area contributed by atoms with E-state index in [1.165, 1.54) is 0 Å². The van der Waals surface area contributed by atoms with Gasteiger partial charge in [-0.15, -0.1) is 0 Å². The molecule has 0 unspecified atom stereocenters. The maximum absolute atomic E-state index is 11.6. The molecule has 1 aromatic rings. The molecule has 94 valence electrons. The SMILES string of the molecule is Cc1nc(N)[nH]c(=O)c1CC(=O)OC(C)(C)C. The van der Waals surface area contributed by atoms with Crippen LogP contribution in [0.4, 0.5) is 5.95 Å². The van der Waals surface area contributed by atoms with Gasteiger partial charge in [0, 0.05) is 5.56 Å². The summed E-state index contributed by atoms with van der Waals surface area (Å²) in [7, 11) is 0. The van der Waals surface area contributed by atoms with Crippen molar-refractivity contribution in [3.05, 3.63) is 21.6 Å². The molecule has 1 aromatic heterocycles. The molecule has 0 saturated carbocycles. The number of carbonyl (C=O) groups excluding carboxylic acids is 1. The summed E-state index contributed by atoms with van der Waals surface area (Å²) in [4.78, 5) is 29.4. The van der Waals surface area contributed by atoms with Gasteiger partial charge in [-0.2, -0.15) is 0 Å². The predicted octanol–water partition coefficient (Wildman–Crippen LogP) is 0.545. The van der Waals surface area contributed by atoms with Gasteiger partial charge >= 0.3 is 5.97 Å². The minimum atomic E-state index is -0.570. The fourth-order valence-corrected chi connectivity index (χ4v) is 1.36. The van der Waals surface area contributed by atoms with E-state index in [4.69, 9.17) is 10.5 Å². The summed E-state index contributed by atoms with van der Waals surface area (Å²) in [6.07, 6.45) is -0.105. The van der Waals surface area contributed by atoms with Crippen molar-refractivity contribution in [1.29, 1.82) is 0 Å². The van der Waals surface area contributed by atoms with Crippen LogP contribution in [-0.4, -0.2) is 21.5 Å². The zero-order chi connectivity index (χ0) is 13.2. The highest BCUT2D eigenvalue weighted by Gasteiger charge is 2.19. The monoisotopic (exact) mass is 239 g/mol. The Kier molecular flexibility index (Phi) is 3.55. The highest BCUT2D eigenvalue weighted by atomic mass is 16.6. The normalized spacial score (nSPS) is 11.3. The van der Waals surface area contributed by atoms with Gasteiger partial charge in [0.15, 0.2) is 0 Å². The Balaban J connectivity index is 2.90. The maximum atomic E-state index is 11.6. The molecular formula is C11H17N3O3. The van der Waals surface area contributed by atoms with Gasteiger partial charge in [0.05, 0.1) is 12.1 Å². The number of H-pyrrole nitrogens is 1. The van der Waals surface area contributed by atoms with E-state index in [1.54, 1.807) is 27.7 Å². The van der Waals surface area contributed by atoms with Gasteiger partial charge in [-0.25, -0.2) is 4.98 Å². The first kappa shape index (κ1) is 13.2. The van der Waals surface area contributed by atoms with Crippen molar-refractivity contribution in [2.75, 3.05) is 5.73 Å². The van der Waals surface area contributed by atoms with Crippen LogP contribution in [0.1, 0.15) is 32.0 Å². The molecule has 0 amide bonds. The maximum Gasteiger partial charge on any atom is 0.311 e. The van der Waals surface area contributed by atoms with Gasteiger partial charge in [0.2, 0.25) is 5.95 Å². The summed E-state index contributed by atoms with van der Waals surface area (Å²) in [6, 6.07) is 0. The van der Waals surface area contributed by atoms with E-state index in [0.29, 0.717) is 5.69 Å². The number of aromatic nitrogens is 2. The first-order chi connectivity index (χ1) is 7.69. The van der Waals surface area contributed by atoms with E-state index in [9.17, 15) is 9.59 Å². The second-order valence-electron chi connectivity index (χ2n) is 4.78. The number of aromatic amines is 1. The Bertz CT molecular complexity index is 486. The number of nitrogens with one attached hydrogen (secondary N) is 1. The Morgan fingerprint density at radius 2 is 2.06 bits per heavy atom.